The third-order valence-electron chi connectivity index (χ3n) is 4.39. The second-order valence-corrected chi connectivity index (χ2v) is 7.48. The molecule has 0 radical (unpaired) electrons. The molecule has 0 aliphatic rings. The predicted molar refractivity (Wildman–Crippen MR) is 115 cm³/mol. The Balaban J connectivity index is 1.52. The van der Waals surface area contributed by atoms with Crippen LogP contribution in [-0.2, 0) is 4.79 Å². The molecule has 1 amide bonds. The zero-order valence-electron chi connectivity index (χ0n) is 16.5. The average molecular weight is 412 g/mol. The molecular formula is C21H25N5O2S. The number of hydrogen-bond acceptors (Lipinski definition) is 6. The Labute approximate surface area is 174 Å². The molecule has 0 spiro atoms. The van der Waals surface area contributed by atoms with Gasteiger partial charge in [-0.15, -0.1) is 10.2 Å². The van der Waals surface area contributed by atoms with Gasteiger partial charge in [-0.2, -0.15) is 0 Å². The predicted octanol–water partition coefficient (Wildman–Crippen LogP) is 3.07. The summed E-state index contributed by atoms with van der Waals surface area (Å²) < 4.78 is 6.85. The summed E-state index contributed by atoms with van der Waals surface area (Å²) in [6.07, 6.45) is 0. The Hall–Kier alpha value is -3.00. The third kappa shape index (κ3) is 5.51. The molecule has 1 aromatic heterocycles. The molecule has 3 aromatic rings. The summed E-state index contributed by atoms with van der Waals surface area (Å²) >= 11 is 1.26. The van der Waals surface area contributed by atoms with E-state index in [0.717, 1.165) is 11.3 Å². The van der Waals surface area contributed by atoms with Crippen molar-refractivity contribution in [2.75, 3.05) is 24.7 Å². The number of carbonyl (C=O) groups is 1. The first-order valence-electron chi connectivity index (χ1n) is 9.46. The van der Waals surface area contributed by atoms with Crippen molar-refractivity contribution in [3.05, 3.63) is 60.2 Å². The van der Waals surface area contributed by atoms with Gasteiger partial charge < -0.3 is 15.9 Å². The van der Waals surface area contributed by atoms with E-state index in [1.54, 1.807) is 0 Å². The average Bonchev–Trinajstić information content (AvgIpc) is 3.12. The number of thioether (sulfide) groups is 1. The van der Waals surface area contributed by atoms with Crippen LogP contribution in [0.4, 0.5) is 0 Å². The van der Waals surface area contributed by atoms with Gasteiger partial charge in [0.25, 0.3) is 0 Å². The molecule has 1 atom stereocenters. The van der Waals surface area contributed by atoms with Gasteiger partial charge >= 0.3 is 0 Å². The quantitative estimate of drug-likeness (QED) is 0.415. The van der Waals surface area contributed by atoms with E-state index in [9.17, 15) is 4.79 Å². The standard InChI is InChI=1S/C21H25N5O2S/c1-3-28-18-11-9-17(10-12-18)20-24-25-21(26(20)22)29-14-19(27)23-13-15(2)16-7-5-4-6-8-16/h4-12,15H,3,13-14,22H2,1-2H3,(H,23,27)/t15-/m0/s1. The molecule has 8 heteroatoms. The summed E-state index contributed by atoms with van der Waals surface area (Å²) in [5.41, 5.74) is 2.03. The zero-order valence-corrected chi connectivity index (χ0v) is 17.4. The van der Waals surface area contributed by atoms with Crippen LogP contribution in [0.25, 0.3) is 11.4 Å². The van der Waals surface area contributed by atoms with Crippen molar-refractivity contribution in [1.82, 2.24) is 20.2 Å². The van der Waals surface area contributed by atoms with Gasteiger partial charge in [-0.05, 0) is 42.7 Å². The molecular weight excluding hydrogens is 386 g/mol. The van der Waals surface area contributed by atoms with Crippen LogP contribution in [-0.4, -0.2) is 39.7 Å². The molecule has 0 bridgehead atoms. The van der Waals surface area contributed by atoms with Crippen LogP contribution in [0.3, 0.4) is 0 Å². The molecule has 3 rings (SSSR count). The molecule has 0 aliphatic heterocycles. The van der Waals surface area contributed by atoms with E-state index in [2.05, 4.69) is 34.6 Å². The second kappa shape index (κ2) is 9.97. The number of aromatic nitrogens is 3. The number of carbonyl (C=O) groups excluding carboxylic acids is 1. The number of ether oxygens (including phenoxy) is 1. The van der Waals surface area contributed by atoms with E-state index < -0.39 is 0 Å². The molecule has 0 saturated carbocycles. The van der Waals surface area contributed by atoms with Crippen molar-refractivity contribution in [3.8, 4) is 17.1 Å². The highest BCUT2D eigenvalue weighted by Gasteiger charge is 2.14. The minimum Gasteiger partial charge on any atom is -0.494 e. The maximum Gasteiger partial charge on any atom is 0.230 e. The summed E-state index contributed by atoms with van der Waals surface area (Å²) in [6.45, 7) is 5.21. The molecule has 29 heavy (non-hydrogen) atoms. The first-order valence-corrected chi connectivity index (χ1v) is 10.4. The Morgan fingerprint density at radius 1 is 1.17 bits per heavy atom. The molecule has 152 valence electrons. The molecule has 0 aliphatic carbocycles. The fraction of sp³-hybridized carbons (Fsp3) is 0.286. The van der Waals surface area contributed by atoms with Gasteiger partial charge in [0.05, 0.1) is 12.4 Å². The first-order chi connectivity index (χ1) is 14.1. The zero-order chi connectivity index (χ0) is 20.6. The Bertz CT molecular complexity index is 928. The minimum atomic E-state index is -0.0663. The SMILES string of the molecule is CCOc1ccc(-c2nnc(SCC(=O)NC[C@H](C)c3ccccc3)n2N)cc1. The van der Waals surface area contributed by atoms with Crippen LogP contribution >= 0.6 is 11.8 Å². The number of nitrogen functional groups attached to an aromatic ring is 1. The third-order valence-corrected chi connectivity index (χ3v) is 5.34. The maximum absolute atomic E-state index is 12.2. The summed E-state index contributed by atoms with van der Waals surface area (Å²) in [5, 5.41) is 11.7. The minimum absolute atomic E-state index is 0.0663. The number of rotatable bonds is 9. The Morgan fingerprint density at radius 2 is 1.90 bits per heavy atom. The number of amides is 1. The van der Waals surface area contributed by atoms with Crippen molar-refractivity contribution in [1.29, 1.82) is 0 Å². The van der Waals surface area contributed by atoms with E-state index in [4.69, 9.17) is 10.6 Å². The number of nitrogens with zero attached hydrogens (tertiary/aromatic N) is 3. The van der Waals surface area contributed by atoms with Crippen LogP contribution in [0, 0.1) is 0 Å². The van der Waals surface area contributed by atoms with E-state index in [0.29, 0.717) is 24.1 Å². The first kappa shape index (κ1) is 20.7. The lowest BCUT2D eigenvalue weighted by Crippen LogP contribution is -2.29. The molecule has 0 saturated heterocycles. The van der Waals surface area contributed by atoms with Crippen molar-refractivity contribution in [2.24, 2.45) is 0 Å². The van der Waals surface area contributed by atoms with Crippen LogP contribution in [0.1, 0.15) is 25.3 Å². The summed E-state index contributed by atoms with van der Waals surface area (Å²) in [5.74, 6) is 7.85. The van der Waals surface area contributed by atoms with E-state index in [1.165, 1.54) is 22.0 Å². The van der Waals surface area contributed by atoms with Gasteiger partial charge in [-0.3, -0.25) is 4.79 Å². The van der Waals surface area contributed by atoms with Crippen molar-refractivity contribution in [2.45, 2.75) is 24.9 Å². The molecule has 1 heterocycles. The van der Waals surface area contributed by atoms with Gasteiger partial charge in [0, 0.05) is 12.1 Å². The second-order valence-electron chi connectivity index (χ2n) is 6.54. The van der Waals surface area contributed by atoms with Crippen molar-refractivity contribution >= 4 is 17.7 Å². The topological polar surface area (TPSA) is 95.1 Å². The Kier molecular flexibility index (Phi) is 7.13. The smallest absolute Gasteiger partial charge is 0.230 e. The molecule has 2 aromatic carbocycles. The Morgan fingerprint density at radius 3 is 2.59 bits per heavy atom. The van der Waals surface area contributed by atoms with Crippen LogP contribution in [0.15, 0.2) is 59.8 Å². The van der Waals surface area contributed by atoms with Gasteiger partial charge in [-0.1, -0.05) is 49.0 Å². The fourth-order valence-corrected chi connectivity index (χ4v) is 3.47. The highest BCUT2D eigenvalue weighted by atomic mass is 32.2. The van der Waals surface area contributed by atoms with Crippen LogP contribution in [0.2, 0.25) is 0 Å². The van der Waals surface area contributed by atoms with Crippen LogP contribution < -0.4 is 15.9 Å². The lowest BCUT2D eigenvalue weighted by Gasteiger charge is -2.12. The summed E-state index contributed by atoms with van der Waals surface area (Å²) in [7, 11) is 0. The van der Waals surface area contributed by atoms with Gasteiger partial charge in [-0.25, -0.2) is 4.68 Å². The summed E-state index contributed by atoms with van der Waals surface area (Å²) in [6, 6.07) is 17.6. The number of hydrogen-bond donors (Lipinski definition) is 2. The maximum atomic E-state index is 12.2. The fourth-order valence-electron chi connectivity index (χ4n) is 2.79. The normalized spacial score (nSPS) is 11.8. The highest BCUT2D eigenvalue weighted by molar-refractivity contribution is 7.99. The van der Waals surface area contributed by atoms with E-state index >= 15 is 0 Å². The monoisotopic (exact) mass is 411 g/mol. The molecule has 7 nitrogen and oxygen atoms in total. The number of nitrogens with two attached hydrogens (primary N) is 1. The van der Waals surface area contributed by atoms with Gasteiger partial charge in [0.1, 0.15) is 5.75 Å². The van der Waals surface area contributed by atoms with Gasteiger partial charge in [0.2, 0.25) is 11.1 Å². The molecule has 3 N–H and O–H groups in total. The van der Waals surface area contributed by atoms with E-state index in [1.807, 2.05) is 49.4 Å². The lowest BCUT2D eigenvalue weighted by molar-refractivity contribution is -0.118. The van der Waals surface area contributed by atoms with Crippen molar-refractivity contribution < 1.29 is 9.53 Å². The lowest BCUT2D eigenvalue weighted by atomic mass is 10.0. The van der Waals surface area contributed by atoms with Crippen molar-refractivity contribution in [3.63, 3.8) is 0 Å². The number of nitrogens with one attached hydrogen (secondary N) is 1. The van der Waals surface area contributed by atoms with Gasteiger partial charge in [0.15, 0.2) is 5.82 Å². The van der Waals surface area contributed by atoms with Crippen LogP contribution in [0.5, 0.6) is 5.75 Å². The largest absolute Gasteiger partial charge is 0.494 e. The molecule has 0 unspecified atom stereocenters. The molecule has 0 fully saturated rings. The highest BCUT2D eigenvalue weighted by Crippen LogP contribution is 2.23. The van der Waals surface area contributed by atoms with E-state index in [-0.39, 0.29) is 17.6 Å². The number of benzene rings is 2. The summed E-state index contributed by atoms with van der Waals surface area (Å²) in [4.78, 5) is 12.2.